The number of rotatable bonds is 1. The largest absolute Gasteiger partial charge is 0.478 e. The Morgan fingerprint density at radius 2 is 1.67 bits per heavy atom. The van der Waals surface area contributed by atoms with Gasteiger partial charge in [-0.05, 0) is 53.8 Å². The van der Waals surface area contributed by atoms with Gasteiger partial charge in [0.2, 0.25) is 0 Å². The van der Waals surface area contributed by atoms with Crippen LogP contribution < -0.4 is 0 Å². The van der Waals surface area contributed by atoms with Crippen LogP contribution in [0, 0.1) is 11.8 Å². The summed E-state index contributed by atoms with van der Waals surface area (Å²) >= 11 is 0. The lowest BCUT2D eigenvalue weighted by Crippen LogP contribution is -2.27. The summed E-state index contributed by atoms with van der Waals surface area (Å²) < 4.78 is 0. The third-order valence-corrected chi connectivity index (χ3v) is 4.51. The minimum Gasteiger partial charge on any atom is -0.478 e. The zero-order valence-electron chi connectivity index (χ0n) is 13.7. The Labute approximate surface area is 141 Å². The highest BCUT2D eigenvalue weighted by molar-refractivity contribution is 5.99. The zero-order valence-corrected chi connectivity index (χ0v) is 13.7. The fourth-order valence-electron chi connectivity index (χ4n) is 2.98. The highest BCUT2D eigenvalue weighted by Crippen LogP contribution is 2.36. The quantitative estimate of drug-likeness (QED) is 0.807. The molecule has 0 heterocycles. The van der Waals surface area contributed by atoms with Gasteiger partial charge < -0.3 is 5.11 Å². The van der Waals surface area contributed by atoms with Crippen LogP contribution in [0.25, 0.3) is 0 Å². The van der Waals surface area contributed by atoms with E-state index in [0.717, 1.165) is 28.7 Å². The molecule has 24 heavy (non-hydrogen) atoms. The number of fused-ring (bicyclic) bond motifs is 1. The minimum absolute atomic E-state index is 0.0157. The van der Waals surface area contributed by atoms with Crippen molar-refractivity contribution in [3.63, 3.8) is 0 Å². The molecule has 2 aromatic rings. The topological polar surface area (TPSA) is 54.4 Å². The van der Waals surface area contributed by atoms with Gasteiger partial charge in [-0.25, -0.2) is 4.79 Å². The summed E-state index contributed by atoms with van der Waals surface area (Å²) in [6, 6.07) is 12.3. The van der Waals surface area contributed by atoms with Crippen LogP contribution in [-0.4, -0.2) is 16.9 Å². The van der Waals surface area contributed by atoms with E-state index < -0.39 is 5.97 Å². The maximum Gasteiger partial charge on any atom is 0.335 e. The van der Waals surface area contributed by atoms with E-state index in [1.165, 1.54) is 12.1 Å². The molecule has 1 aliphatic carbocycles. The zero-order chi connectivity index (χ0) is 17.3. The lowest BCUT2D eigenvalue weighted by molar-refractivity contribution is 0.0696. The average Bonchev–Trinajstić information content (AvgIpc) is 2.57. The summed E-state index contributed by atoms with van der Waals surface area (Å²) in [7, 11) is 0. The molecule has 0 amide bonds. The molecule has 0 bridgehead atoms. The maximum atomic E-state index is 12.2. The fourth-order valence-corrected chi connectivity index (χ4v) is 2.98. The smallest absolute Gasteiger partial charge is 0.335 e. The Morgan fingerprint density at radius 3 is 2.33 bits per heavy atom. The van der Waals surface area contributed by atoms with Crippen LogP contribution in [0.1, 0.15) is 64.1 Å². The van der Waals surface area contributed by atoms with Gasteiger partial charge in [0.25, 0.3) is 0 Å². The van der Waals surface area contributed by atoms with E-state index in [2.05, 4.69) is 25.7 Å². The minimum atomic E-state index is -0.953. The van der Waals surface area contributed by atoms with Crippen LogP contribution in [0.15, 0.2) is 42.5 Å². The van der Waals surface area contributed by atoms with Gasteiger partial charge >= 0.3 is 5.97 Å². The number of hydrogen-bond donors (Lipinski definition) is 1. The second-order valence-corrected chi connectivity index (χ2v) is 6.70. The van der Waals surface area contributed by atoms with Gasteiger partial charge in [-0.1, -0.05) is 31.8 Å². The van der Waals surface area contributed by atoms with Crippen molar-refractivity contribution >= 4 is 11.8 Å². The number of Topliss-reactive ketones (excluding diaryl/α,β-unsaturated/α-hetero) is 1. The molecule has 0 aromatic heterocycles. The Bertz CT molecular complexity index is 878. The highest BCUT2D eigenvalue weighted by Gasteiger charge is 2.31. The van der Waals surface area contributed by atoms with Gasteiger partial charge in [0.15, 0.2) is 5.78 Å². The van der Waals surface area contributed by atoms with Crippen molar-refractivity contribution in [3.05, 3.63) is 70.3 Å². The van der Waals surface area contributed by atoms with E-state index in [0.29, 0.717) is 6.42 Å². The van der Waals surface area contributed by atoms with Crippen LogP contribution in [0.3, 0.4) is 0 Å². The van der Waals surface area contributed by atoms with Crippen molar-refractivity contribution in [1.29, 1.82) is 0 Å². The lowest BCUT2D eigenvalue weighted by atomic mass is 9.72. The molecule has 0 unspecified atom stereocenters. The first kappa shape index (κ1) is 16.0. The molecule has 0 radical (unpaired) electrons. The van der Waals surface area contributed by atoms with Crippen LogP contribution in [0.5, 0.6) is 0 Å². The van der Waals surface area contributed by atoms with Crippen molar-refractivity contribution in [1.82, 2.24) is 0 Å². The highest BCUT2D eigenvalue weighted by atomic mass is 16.4. The Kier molecular flexibility index (Phi) is 3.99. The maximum absolute atomic E-state index is 12.2. The molecule has 1 N–H and O–H groups in total. The first-order valence-corrected chi connectivity index (χ1v) is 7.90. The average molecular weight is 318 g/mol. The van der Waals surface area contributed by atoms with Crippen LogP contribution >= 0.6 is 0 Å². The van der Waals surface area contributed by atoms with Crippen LogP contribution in [0.4, 0.5) is 0 Å². The monoisotopic (exact) mass is 318 g/mol. The van der Waals surface area contributed by atoms with Crippen LogP contribution in [-0.2, 0) is 5.41 Å². The molecule has 0 spiro atoms. The van der Waals surface area contributed by atoms with Crippen molar-refractivity contribution in [2.45, 2.75) is 32.1 Å². The molecule has 0 aliphatic heterocycles. The van der Waals surface area contributed by atoms with E-state index in [9.17, 15) is 9.59 Å². The number of carboxylic acids is 1. The van der Waals surface area contributed by atoms with Gasteiger partial charge in [-0.3, -0.25) is 4.79 Å². The molecule has 3 heteroatoms. The molecule has 3 rings (SSSR count). The van der Waals surface area contributed by atoms with Crippen molar-refractivity contribution < 1.29 is 14.7 Å². The predicted molar refractivity (Wildman–Crippen MR) is 92.4 cm³/mol. The summed E-state index contributed by atoms with van der Waals surface area (Å²) in [4.78, 5) is 23.0. The number of aromatic carboxylic acids is 1. The molecule has 3 nitrogen and oxygen atoms in total. The number of benzene rings is 2. The lowest BCUT2D eigenvalue weighted by Gasteiger charge is -2.31. The summed E-state index contributed by atoms with van der Waals surface area (Å²) in [5, 5.41) is 8.90. The van der Waals surface area contributed by atoms with Crippen molar-refractivity contribution in [2.24, 2.45) is 0 Å². The molecule has 120 valence electrons. The van der Waals surface area contributed by atoms with Gasteiger partial charge in [0, 0.05) is 23.1 Å². The third kappa shape index (κ3) is 3.09. The molecule has 2 aromatic carbocycles. The molecule has 1 aliphatic rings. The van der Waals surface area contributed by atoms with E-state index in [-0.39, 0.29) is 16.8 Å². The Balaban J connectivity index is 1.91. The third-order valence-electron chi connectivity index (χ3n) is 4.51. The first-order valence-electron chi connectivity index (χ1n) is 7.90. The number of hydrogen-bond acceptors (Lipinski definition) is 2. The summed E-state index contributed by atoms with van der Waals surface area (Å²) in [6.45, 7) is 4.32. The van der Waals surface area contributed by atoms with Gasteiger partial charge in [0.05, 0.1) is 5.56 Å². The van der Waals surface area contributed by atoms with E-state index in [1.807, 2.05) is 18.2 Å². The van der Waals surface area contributed by atoms with Gasteiger partial charge in [-0.2, -0.15) is 0 Å². The molecule has 0 fully saturated rings. The molecule has 0 saturated heterocycles. The van der Waals surface area contributed by atoms with E-state index in [4.69, 9.17) is 5.11 Å². The normalized spacial score (nSPS) is 15.2. The standard InChI is InChI=1S/C21H18O3/c1-21(2)12-11-19(22)17-13-15(7-10-18(17)21)4-3-14-5-8-16(9-6-14)20(23)24/h5-10,13H,11-12H2,1-2H3,(H,23,24). The van der Waals surface area contributed by atoms with E-state index in [1.54, 1.807) is 12.1 Å². The fraction of sp³-hybridized carbons (Fsp3) is 0.238. The predicted octanol–water partition coefficient (Wildman–Crippen LogP) is 4.04. The number of carbonyl (C=O) groups is 2. The summed E-state index contributed by atoms with van der Waals surface area (Å²) in [5.41, 5.74) is 3.66. The van der Waals surface area contributed by atoms with Crippen LogP contribution in [0.2, 0.25) is 0 Å². The molecular weight excluding hydrogens is 300 g/mol. The second-order valence-electron chi connectivity index (χ2n) is 6.70. The first-order chi connectivity index (χ1) is 11.4. The SMILES string of the molecule is CC1(C)CCC(=O)c2cc(C#Cc3ccc(C(=O)O)cc3)ccc21. The van der Waals surface area contributed by atoms with Gasteiger partial charge in [-0.15, -0.1) is 0 Å². The molecule has 0 atom stereocenters. The Morgan fingerprint density at radius 1 is 1.04 bits per heavy atom. The van der Waals surface area contributed by atoms with Crippen molar-refractivity contribution in [3.8, 4) is 11.8 Å². The number of carboxylic acid groups (broad SMARTS) is 1. The van der Waals surface area contributed by atoms with Gasteiger partial charge in [0.1, 0.15) is 0 Å². The molecular formula is C21H18O3. The van der Waals surface area contributed by atoms with E-state index >= 15 is 0 Å². The summed E-state index contributed by atoms with van der Waals surface area (Å²) in [5.74, 6) is 5.30. The Hall–Kier alpha value is -2.86. The number of ketones is 1. The second kappa shape index (κ2) is 5.98. The number of carbonyl (C=O) groups excluding carboxylic acids is 1. The van der Waals surface area contributed by atoms with Crippen molar-refractivity contribution in [2.75, 3.05) is 0 Å². The molecule has 0 saturated carbocycles. The summed E-state index contributed by atoms with van der Waals surface area (Å²) in [6.07, 6.45) is 1.45.